The van der Waals surface area contributed by atoms with Crippen LogP contribution >= 0.6 is 23.5 Å². The Labute approximate surface area is 193 Å². The zero-order chi connectivity index (χ0) is 22.7. The predicted molar refractivity (Wildman–Crippen MR) is 134 cm³/mol. The van der Waals surface area contributed by atoms with Gasteiger partial charge in [0.15, 0.2) is 14.1 Å². The van der Waals surface area contributed by atoms with Crippen LogP contribution in [0.3, 0.4) is 0 Å². The summed E-state index contributed by atoms with van der Waals surface area (Å²) in [5.74, 6) is 2.20. The van der Waals surface area contributed by atoms with E-state index >= 15 is 0 Å². The fourth-order valence-electron chi connectivity index (χ4n) is 2.73. The molecule has 0 amide bonds. The van der Waals surface area contributed by atoms with E-state index in [1.807, 2.05) is 35.7 Å². The first-order chi connectivity index (χ1) is 14.0. The van der Waals surface area contributed by atoms with Crippen LogP contribution < -0.4 is 0 Å². The van der Waals surface area contributed by atoms with Crippen LogP contribution in [0.4, 0.5) is 0 Å². The van der Waals surface area contributed by atoms with Gasteiger partial charge in [-0.3, -0.25) is 9.59 Å². The van der Waals surface area contributed by atoms with E-state index in [2.05, 4.69) is 44.7 Å². The van der Waals surface area contributed by atoms with Gasteiger partial charge >= 0.3 is 5.97 Å². The van der Waals surface area contributed by atoms with Crippen molar-refractivity contribution in [2.75, 3.05) is 25.2 Å². The zero-order valence-corrected chi connectivity index (χ0v) is 22.3. The van der Waals surface area contributed by atoms with Crippen molar-refractivity contribution in [2.24, 2.45) is 0 Å². The predicted octanol–water partition coefficient (Wildman–Crippen LogP) is 6.38. The van der Waals surface area contributed by atoms with Crippen LogP contribution in [0.15, 0.2) is 24.3 Å². The molecule has 4 nitrogen and oxygen atoms in total. The Kier molecular flexibility index (Phi) is 12.1. The molecule has 0 aromatic carbocycles. The standard InChI is InChI=1S/C23H40O4S2Si/c1-22(2,3)30(5,6)27-16-11-9-13-20(24)19-23(28-17-12-18-29-23)15-10-7-8-14-21(25)26-4/h7,9-10,13H,8,11-12,14-19H2,1-6H3/b10-7-,13-9+. The van der Waals surface area contributed by atoms with E-state index in [4.69, 9.17) is 4.43 Å². The van der Waals surface area contributed by atoms with E-state index in [-0.39, 0.29) is 20.9 Å². The number of rotatable bonds is 12. The minimum atomic E-state index is -1.72. The quantitative estimate of drug-likeness (QED) is 0.108. The molecular formula is C23H40O4S2Si. The maximum atomic E-state index is 12.6. The number of thioether (sulfide) groups is 2. The van der Waals surface area contributed by atoms with Gasteiger partial charge in [0.25, 0.3) is 0 Å². The Morgan fingerprint density at radius 2 is 1.73 bits per heavy atom. The van der Waals surface area contributed by atoms with Crippen molar-refractivity contribution in [1.82, 2.24) is 0 Å². The highest BCUT2D eigenvalue weighted by Gasteiger charge is 2.37. The van der Waals surface area contributed by atoms with Crippen LogP contribution in [0, 0.1) is 0 Å². The van der Waals surface area contributed by atoms with Gasteiger partial charge in [0.05, 0.1) is 11.2 Å². The molecule has 0 saturated carbocycles. The van der Waals surface area contributed by atoms with Crippen molar-refractivity contribution in [3.63, 3.8) is 0 Å². The SMILES string of the molecule is COC(=O)CC/C=C\CC1(CC(=O)/C=C/CCO[Si](C)(C)C(C)(C)C)SCCCS1. The lowest BCUT2D eigenvalue weighted by molar-refractivity contribution is -0.140. The molecule has 30 heavy (non-hydrogen) atoms. The summed E-state index contributed by atoms with van der Waals surface area (Å²) in [5.41, 5.74) is 0. The molecule has 1 heterocycles. The Bertz CT molecular complexity index is 603. The summed E-state index contributed by atoms with van der Waals surface area (Å²) in [7, 11) is -0.311. The Hall–Kier alpha value is -0.503. The third-order valence-corrected chi connectivity index (χ3v) is 13.6. The van der Waals surface area contributed by atoms with E-state index < -0.39 is 8.32 Å². The smallest absolute Gasteiger partial charge is 0.305 e. The van der Waals surface area contributed by atoms with Crippen LogP contribution in [0.2, 0.25) is 18.1 Å². The minimum Gasteiger partial charge on any atom is -0.469 e. The summed E-state index contributed by atoms with van der Waals surface area (Å²) in [6.07, 6.45) is 12.3. The summed E-state index contributed by atoms with van der Waals surface area (Å²) in [4.78, 5) is 23.8. The average Bonchev–Trinajstić information content (AvgIpc) is 2.67. The second kappa shape index (κ2) is 13.1. The van der Waals surface area contributed by atoms with Gasteiger partial charge in [-0.2, -0.15) is 0 Å². The zero-order valence-electron chi connectivity index (χ0n) is 19.6. The molecule has 0 N–H and O–H groups in total. The first-order valence-electron chi connectivity index (χ1n) is 10.8. The third-order valence-electron chi connectivity index (χ3n) is 5.66. The number of ketones is 1. The van der Waals surface area contributed by atoms with Crippen molar-refractivity contribution >= 4 is 43.6 Å². The fraction of sp³-hybridized carbons (Fsp3) is 0.739. The second-order valence-electron chi connectivity index (χ2n) is 9.19. The van der Waals surface area contributed by atoms with Crippen molar-refractivity contribution in [3.8, 4) is 0 Å². The van der Waals surface area contributed by atoms with Crippen molar-refractivity contribution in [3.05, 3.63) is 24.3 Å². The Morgan fingerprint density at radius 1 is 1.07 bits per heavy atom. The summed E-state index contributed by atoms with van der Waals surface area (Å²) in [6, 6.07) is 0. The molecule has 0 atom stereocenters. The van der Waals surface area contributed by atoms with Crippen molar-refractivity contribution in [2.45, 2.75) is 81.5 Å². The molecule has 1 fully saturated rings. The van der Waals surface area contributed by atoms with Crippen LogP contribution in [0.5, 0.6) is 0 Å². The van der Waals surface area contributed by atoms with Crippen LogP contribution in [0.1, 0.15) is 59.3 Å². The maximum Gasteiger partial charge on any atom is 0.305 e. The third kappa shape index (κ3) is 10.2. The molecule has 0 radical (unpaired) electrons. The molecule has 1 aliphatic rings. The molecule has 0 aromatic heterocycles. The van der Waals surface area contributed by atoms with Gasteiger partial charge in [0.2, 0.25) is 0 Å². The number of hydrogen-bond donors (Lipinski definition) is 0. The number of hydrogen-bond acceptors (Lipinski definition) is 6. The number of methoxy groups -OCH3 is 1. The topological polar surface area (TPSA) is 52.6 Å². The summed E-state index contributed by atoms with van der Waals surface area (Å²) < 4.78 is 10.8. The maximum absolute atomic E-state index is 12.6. The summed E-state index contributed by atoms with van der Waals surface area (Å²) in [5, 5.41) is 0.207. The van der Waals surface area contributed by atoms with Gasteiger partial charge in [-0.1, -0.05) is 39.0 Å². The van der Waals surface area contributed by atoms with Gasteiger partial charge < -0.3 is 9.16 Å². The lowest BCUT2D eigenvalue weighted by Crippen LogP contribution is -2.40. The molecule has 0 aromatic rings. The lowest BCUT2D eigenvalue weighted by atomic mass is 10.1. The molecule has 0 bridgehead atoms. The second-order valence-corrected chi connectivity index (χ2v) is 17.2. The molecule has 0 spiro atoms. The number of esters is 1. The molecule has 1 rings (SSSR count). The monoisotopic (exact) mass is 472 g/mol. The highest BCUT2D eigenvalue weighted by atomic mass is 32.2. The number of carbonyl (C=O) groups excluding carboxylic acids is 2. The molecule has 7 heteroatoms. The number of ether oxygens (including phenoxy) is 1. The first-order valence-corrected chi connectivity index (χ1v) is 15.7. The largest absolute Gasteiger partial charge is 0.469 e. The van der Waals surface area contributed by atoms with Gasteiger partial charge in [-0.15, -0.1) is 23.5 Å². The van der Waals surface area contributed by atoms with Gasteiger partial charge in [-0.05, 0) is 61.4 Å². The fourth-order valence-corrected chi connectivity index (χ4v) is 7.05. The van der Waals surface area contributed by atoms with Gasteiger partial charge in [0.1, 0.15) is 0 Å². The molecule has 1 saturated heterocycles. The van der Waals surface area contributed by atoms with E-state index in [1.54, 1.807) is 6.08 Å². The molecule has 0 unspecified atom stereocenters. The molecule has 172 valence electrons. The van der Waals surface area contributed by atoms with Crippen LogP contribution in [0.25, 0.3) is 0 Å². The number of allylic oxidation sites excluding steroid dienone is 3. The minimum absolute atomic E-state index is 0.0842. The van der Waals surface area contributed by atoms with Crippen LogP contribution in [-0.4, -0.2) is 49.4 Å². The van der Waals surface area contributed by atoms with Crippen LogP contribution in [-0.2, 0) is 18.8 Å². The van der Waals surface area contributed by atoms with Crippen molar-refractivity contribution < 1.29 is 18.8 Å². The van der Waals surface area contributed by atoms with Gasteiger partial charge in [-0.25, -0.2) is 0 Å². The number of carbonyl (C=O) groups is 2. The molecule has 0 aliphatic carbocycles. The summed E-state index contributed by atoms with van der Waals surface area (Å²) >= 11 is 3.81. The van der Waals surface area contributed by atoms with E-state index in [9.17, 15) is 9.59 Å². The Balaban J connectivity index is 2.49. The highest BCUT2D eigenvalue weighted by Crippen LogP contribution is 2.47. The molecule has 1 aliphatic heterocycles. The van der Waals surface area contributed by atoms with E-state index in [0.717, 1.165) is 24.3 Å². The van der Waals surface area contributed by atoms with Gasteiger partial charge in [0, 0.05) is 19.4 Å². The summed E-state index contributed by atoms with van der Waals surface area (Å²) in [6.45, 7) is 11.9. The lowest BCUT2D eigenvalue weighted by Gasteiger charge is -2.36. The average molecular weight is 473 g/mol. The van der Waals surface area contributed by atoms with Crippen molar-refractivity contribution in [1.29, 1.82) is 0 Å². The highest BCUT2D eigenvalue weighted by molar-refractivity contribution is 8.18. The van der Waals surface area contributed by atoms with E-state index in [1.165, 1.54) is 13.5 Å². The van der Waals surface area contributed by atoms with E-state index in [0.29, 0.717) is 25.9 Å². The first kappa shape index (κ1) is 27.5. The molecular weight excluding hydrogens is 432 g/mol. The Morgan fingerprint density at radius 3 is 2.33 bits per heavy atom. The normalized spacial score (nSPS) is 17.5.